The van der Waals surface area contributed by atoms with Crippen LogP contribution in [0.2, 0.25) is 19.6 Å². The van der Waals surface area contributed by atoms with E-state index in [1.807, 2.05) is 31.2 Å². The average Bonchev–Trinajstić information content (AvgIpc) is 2.27. The van der Waals surface area contributed by atoms with Gasteiger partial charge in [-0.2, -0.15) is 5.26 Å². The maximum atomic E-state index is 9.33. The summed E-state index contributed by atoms with van der Waals surface area (Å²) < 4.78 is 11.1. The molecule has 98 valence electrons. The summed E-state index contributed by atoms with van der Waals surface area (Å²) in [6.07, 6.45) is 0.595. The first-order valence-corrected chi connectivity index (χ1v) is 9.43. The van der Waals surface area contributed by atoms with Crippen molar-refractivity contribution < 1.29 is 9.16 Å². The molecule has 3 nitrogen and oxygen atoms in total. The van der Waals surface area contributed by atoms with Crippen molar-refractivity contribution in [2.24, 2.45) is 0 Å². The molecule has 0 bridgehead atoms. The normalized spacial score (nSPS) is 14.7. The van der Waals surface area contributed by atoms with Crippen LogP contribution in [-0.4, -0.2) is 21.0 Å². The van der Waals surface area contributed by atoms with Gasteiger partial charge in [-0.3, -0.25) is 0 Å². The first kappa shape index (κ1) is 14.7. The zero-order valence-electron chi connectivity index (χ0n) is 11.8. The van der Waals surface area contributed by atoms with Gasteiger partial charge in [-0.1, -0.05) is 12.1 Å². The van der Waals surface area contributed by atoms with Crippen LogP contribution in [0.3, 0.4) is 0 Å². The predicted molar refractivity (Wildman–Crippen MR) is 75.1 cm³/mol. The molecule has 0 aliphatic rings. The van der Waals surface area contributed by atoms with Crippen LogP contribution in [0.5, 0.6) is 5.75 Å². The number of nitrogens with zero attached hydrogens (tertiary/aromatic N) is 1. The van der Waals surface area contributed by atoms with Gasteiger partial charge in [0.25, 0.3) is 0 Å². The first-order valence-electron chi connectivity index (χ1n) is 6.02. The minimum Gasteiger partial charge on any atom is -0.497 e. The maximum Gasteiger partial charge on any atom is 0.185 e. The van der Waals surface area contributed by atoms with E-state index in [1.165, 1.54) is 0 Å². The Labute approximate surface area is 110 Å². The second-order valence-corrected chi connectivity index (χ2v) is 10.0. The second-order valence-electron chi connectivity index (χ2n) is 5.58. The van der Waals surface area contributed by atoms with E-state index in [1.54, 1.807) is 7.11 Å². The third kappa shape index (κ3) is 4.51. The number of ether oxygens (including phenoxy) is 1. The highest BCUT2D eigenvalue weighted by Gasteiger charge is 2.31. The molecule has 0 aromatic heterocycles. The molecule has 0 fully saturated rings. The summed E-state index contributed by atoms with van der Waals surface area (Å²) in [6, 6.07) is 10.1. The Balaban J connectivity index is 2.82. The van der Waals surface area contributed by atoms with Crippen LogP contribution in [0, 0.1) is 11.3 Å². The first-order chi connectivity index (χ1) is 8.28. The monoisotopic (exact) mass is 263 g/mol. The predicted octanol–water partition coefficient (Wildman–Crippen LogP) is 3.37. The molecule has 1 aromatic rings. The fourth-order valence-electron chi connectivity index (χ4n) is 1.91. The summed E-state index contributed by atoms with van der Waals surface area (Å²) >= 11 is 0. The van der Waals surface area contributed by atoms with Gasteiger partial charge < -0.3 is 9.16 Å². The third-order valence-electron chi connectivity index (χ3n) is 2.47. The molecule has 0 amide bonds. The topological polar surface area (TPSA) is 42.2 Å². The van der Waals surface area contributed by atoms with Gasteiger partial charge in [0.1, 0.15) is 11.4 Å². The summed E-state index contributed by atoms with van der Waals surface area (Å²) in [5.41, 5.74) is 0.331. The van der Waals surface area contributed by atoms with Gasteiger partial charge in [-0.05, 0) is 44.3 Å². The Kier molecular flexibility index (Phi) is 4.55. The van der Waals surface area contributed by atoms with E-state index in [2.05, 4.69) is 25.7 Å². The highest BCUT2D eigenvalue weighted by molar-refractivity contribution is 6.69. The minimum absolute atomic E-state index is 0.595. The van der Waals surface area contributed by atoms with E-state index in [9.17, 15) is 5.26 Å². The van der Waals surface area contributed by atoms with Crippen molar-refractivity contribution in [3.05, 3.63) is 29.8 Å². The van der Waals surface area contributed by atoms with Crippen molar-refractivity contribution in [1.82, 2.24) is 0 Å². The van der Waals surface area contributed by atoms with Gasteiger partial charge in [0, 0.05) is 6.42 Å². The molecule has 1 rings (SSSR count). The van der Waals surface area contributed by atoms with Crippen LogP contribution in [0.1, 0.15) is 12.5 Å². The standard InChI is InChI=1S/C14H21NO2Si/c1-14(11-15,17-18(3,4)5)10-12-6-8-13(16-2)9-7-12/h6-9H,10H2,1-5H3. The Morgan fingerprint density at radius 1 is 1.22 bits per heavy atom. The van der Waals surface area contributed by atoms with Crippen LogP contribution < -0.4 is 4.74 Å². The van der Waals surface area contributed by atoms with Gasteiger partial charge in [-0.25, -0.2) is 0 Å². The highest BCUT2D eigenvalue weighted by Crippen LogP contribution is 2.23. The van der Waals surface area contributed by atoms with Crippen LogP contribution in [0.25, 0.3) is 0 Å². The molecule has 1 unspecified atom stereocenters. The number of nitriles is 1. The molecule has 0 heterocycles. The molecule has 0 saturated carbocycles. The summed E-state index contributed by atoms with van der Waals surface area (Å²) in [6.45, 7) is 8.14. The molecule has 4 heteroatoms. The van der Waals surface area contributed by atoms with Gasteiger partial charge in [0.05, 0.1) is 13.2 Å². The number of benzene rings is 1. The summed E-state index contributed by atoms with van der Waals surface area (Å²) in [7, 11) is -0.0909. The molecule has 18 heavy (non-hydrogen) atoms. The number of methoxy groups -OCH3 is 1. The molecule has 0 spiro atoms. The van der Waals surface area contributed by atoms with Gasteiger partial charge in [0.15, 0.2) is 8.32 Å². The smallest absolute Gasteiger partial charge is 0.185 e. The van der Waals surface area contributed by atoms with E-state index in [0.717, 1.165) is 11.3 Å². The van der Waals surface area contributed by atoms with Crippen LogP contribution in [0.4, 0.5) is 0 Å². The lowest BCUT2D eigenvalue weighted by atomic mass is 9.98. The third-order valence-corrected chi connectivity index (χ3v) is 3.53. The lowest BCUT2D eigenvalue weighted by Crippen LogP contribution is -2.41. The van der Waals surface area contributed by atoms with E-state index < -0.39 is 13.9 Å². The number of hydrogen-bond acceptors (Lipinski definition) is 3. The van der Waals surface area contributed by atoms with Crippen LogP contribution >= 0.6 is 0 Å². The van der Waals surface area contributed by atoms with Crippen molar-refractivity contribution in [2.45, 2.75) is 38.6 Å². The van der Waals surface area contributed by atoms with Crippen LogP contribution in [0.15, 0.2) is 24.3 Å². The lowest BCUT2D eigenvalue weighted by molar-refractivity contribution is 0.141. The van der Waals surface area contributed by atoms with E-state index in [-0.39, 0.29) is 0 Å². The highest BCUT2D eigenvalue weighted by atomic mass is 28.4. The Hall–Kier alpha value is -1.31. The molecule has 0 aliphatic heterocycles. The fourth-order valence-corrected chi connectivity index (χ4v) is 3.38. The average molecular weight is 263 g/mol. The van der Waals surface area contributed by atoms with E-state index >= 15 is 0 Å². The summed E-state index contributed by atoms with van der Waals surface area (Å²) in [5, 5.41) is 9.33. The van der Waals surface area contributed by atoms with Gasteiger partial charge in [-0.15, -0.1) is 0 Å². The maximum absolute atomic E-state index is 9.33. The number of rotatable bonds is 5. The largest absolute Gasteiger partial charge is 0.497 e. The molecule has 0 radical (unpaired) electrons. The van der Waals surface area contributed by atoms with Gasteiger partial charge >= 0.3 is 0 Å². The molecule has 0 aliphatic carbocycles. The second kappa shape index (κ2) is 5.55. The van der Waals surface area contributed by atoms with Crippen molar-refractivity contribution in [1.29, 1.82) is 5.26 Å². The van der Waals surface area contributed by atoms with Crippen molar-refractivity contribution in [3.63, 3.8) is 0 Å². The number of hydrogen-bond donors (Lipinski definition) is 0. The molecule has 0 saturated heterocycles. The molecule has 1 aromatic carbocycles. The Bertz CT molecular complexity index is 431. The lowest BCUT2D eigenvalue weighted by Gasteiger charge is -2.30. The Morgan fingerprint density at radius 2 is 1.78 bits per heavy atom. The molecule has 1 atom stereocenters. The Morgan fingerprint density at radius 3 is 2.17 bits per heavy atom. The SMILES string of the molecule is COc1ccc(CC(C)(C#N)O[Si](C)(C)C)cc1. The molecular formula is C14H21NO2Si. The van der Waals surface area contributed by atoms with Crippen molar-refractivity contribution in [3.8, 4) is 11.8 Å². The summed E-state index contributed by atoms with van der Waals surface area (Å²) in [5.74, 6) is 0.823. The van der Waals surface area contributed by atoms with E-state index in [0.29, 0.717) is 6.42 Å². The van der Waals surface area contributed by atoms with Crippen molar-refractivity contribution in [2.75, 3.05) is 7.11 Å². The van der Waals surface area contributed by atoms with Crippen LogP contribution in [-0.2, 0) is 10.8 Å². The fraction of sp³-hybridized carbons (Fsp3) is 0.500. The molecular weight excluding hydrogens is 242 g/mol. The zero-order chi connectivity index (χ0) is 13.8. The van der Waals surface area contributed by atoms with Crippen molar-refractivity contribution >= 4 is 8.32 Å². The summed E-state index contributed by atoms with van der Waals surface area (Å²) in [4.78, 5) is 0. The zero-order valence-corrected chi connectivity index (χ0v) is 12.8. The molecule has 0 N–H and O–H groups in total. The van der Waals surface area contributed by atoms with E-state index in [4.69, 9.17) is 9.16 Å². The minimum atomic E-state index is -1.73. The quantitative estimate of drug-likeness (QED) is 0.765. The van der Waals surface area contributed by atoms with Gasteiger partial charge in [0.2, 0.25) is 0 Å².